The largest absolute Gasteiger partial charge is 0.479 e. The van der Waals surface area contributed by atoms with Gasteiger partial charge in [-0.2, -0.15) is 0 Å². The number of para-hydroxylation sites is 1. The predicted octanol–water partition coefficient (Wildman–Crippen LogP) is 2.33. The Balaban J connectivity index is 0.00000324. The normalized spacial score (nSPS) is 13.1. The number of halogens is 2. The Bertz CT molecular complexity index is 415. The number of rotatable bonds is 5. The summed E-state index contributed by atoms with van der Waals surface area (Å²) >= 11 is 5.97. The molecule has 108 valence electrons. The van der Waals surface area contributed by atoms with Crippen molar-refractivity contribution in [3.63, 3.8) is 0 Å². The Morgan fingerprint density at radius 2 is 2.00 bits per heavy atom. The molecule has 0 aliphatic carbocycles. The molecule has 1 rings (SSSR count). The van der Waals surface area contributed by atoms with Crippen LogP contribution < -0.4 is 10.5 Å². The molecule has 0 aromatic heterocycles. The van der Waals surface area contributed by atoms with Crippen molar-refractivity contribution in [2.24, 2.45) is 5.73 Å². The van der Waals surface area contributed by atoms with Crippen molar-refractivity contribution in [3.8, 4) is 5.75 Å². The number of ether oxygens (including phenoxy) is 1. The van der Waals surface area contributed by atoms with Crippen molar-refractivity contribution in [2.45, 2.75) is 26.0 Å². The lowest BCUT2D eigenvalue weighted by Gasteiger charge is -2.27. The van der Waals surface area contributed by atoms with Crippen molar-refractivity contribution in [1.29, 1.82) is 0 Å². The van der Waals surface area contributed by atoms with Gasteiger partial charge in [-0.25, -0.2) is 0 Å². The van der Waals surface area contributed by atoms with Crippen LogP contribution >= 0.6 is 24.0 Å². The van der Waals surface area contributed by atoms with Gasteiger partial charge in [-0.05, 0) is 26.0 Å². The quantitative estimate of drug-likeness (QED) is 0.908. The van der Waals surface area contributed by atoms with E-state index in [4.69, 9.17) is 22.1 Å². The van der Waals surface area contributed by atoms with Gasteiger partial charge >= 0.3 is 0 Å². The first-order valence-electron chi connectivity index (χ1n) is 5.85. The van der Waals surface area contributed by atoms with Gasteiger partial charge in [-0.3, -0.25) is 4.79 Å². The summed E-state index contributed by atoms with van der Waals surface area (Å²) in [4.78, 5) is 13.6. The summed E-state index contributed by atoms with van der Waals surface area (Å²) in [6, 6.07) is 7.06. The van der Waals surface area contributed by atoms with Crippen LogP contribution in [0.2, 0.25) is 5.02 Å². The highest BCUT2D eigenvalue weighted by molar-refractivity contribution is 6.32. The Hall–Kier alpha value is -0.970. The minimum Gasteiger partial charge on any atom is -0.479 e. The highest BCUT2D eigenvalue weighted by Gasteiger charge is 2.22. The number of amides is 1. The fourth-order valence-corrected chi connectivity index (χ4v) is 1.62. The monoisotopic (exact) mass is 306 g/mol. The summed E-state index contributed by atoms with van der Waals surface area (Å²) in [5, 5.41) is 0.492. The predicted molar refractivity (Wildman–Crippen MR) is 80.1 cm³/mol. The maximum Gasteiger partial charge on any atom is 0.263 e. The van der Waals surface area contributed by atoms with Crippen LogP contribution in [0.4, 0.5) is 0 Å². The minimum atomic E-state index is -0.594. The number of hydrogen-bond donors (Lipinski definition) is 1. The molecule has 6 heteroatoms. The smallest absolute Gasteiger partial charge is 0.263 e. The SMILES string of the molecule is CC(Oc1ccccc1Cl)C(=O)N(C)C(C)CN.Cl. The molecule has 1 aromatic rings. The Kier molecular flexibility index (Phi) is 7.83. The number of carbonyl (C=O) groups excluding carboxylic acids is 1. The first kappa shape index (κ1) is 18.0. The molecule has 0 bridgehead atoms. The van der Waals surface area contributed by atoms with E-state index in [1.54, 1.807) is 31.0 Å². The van der Waals surface area contributed by atoms with Gasteiger partial charge in [0, 0.05) is 19.6 Å². The molecule has 0 aliphatic heterocycles. The Morgan fingerprint density at radius 3 is 2.53 bits per heavy atom. The third-order valence-electron chi connectivity index (χ3n) is 2.84. The van der Waals surface area contributed by atoms with Crippen molar-refractivity contribution < 1.29 is 9.53 Å². The average molecular weight is 307 g/mol. The molecule has 2 atom stereocenters. The number of likely N-dealkylation sites (N-methyl/N-ethyl adjacent to an activating group) is 1. The molecule has 19 heavy (non-hydrogen) atoms. The van der Waals surface area contributed by atoms with Gasteiger partial charge in [0.05, 0.1) is 5.02 Å². The Labute approximate surface area is 125 Å². The fourth-order valence-electron chi connectivity index (χ4n) is 1.44. The third kappa shape index (κ3) is 4.90. The number of nitrogens with two attached hydrogens (primary N) is 1. The zero-order valence-electron chi connectivity index (χ0n) is 11.3. The highest BCUT2D eigenvalue weighted by atomic mass is 35.5. The summed E-state index contributed by atoms with van der Waals surface area (Å²) in [6.07, 6.45) is -0.594. The van der Waals surface area contributed by atoms with E-state index in [1.165, 1.54) is 0 Å². The topological polar surface area (TPSA) is 55.6 Å². The molecule has 0 saturated heterocycles. The molecule has 0 aliphatic rings. The van der Waals surface area contributed by atoms with Crippen molar-refractivity contribution in [1.82, 2.24) is 4.90 Å². The molecule has 0 radical (unpaired) electrons. The van der Waals surface area contributed by atoms with Crippen LogP contribution in [-0.4, -0.2) is 36.5 Å². The van der Waals surface area contributed by atoms with Crippen LogP contribution in [0.5, 0.6) is 5.75 Å². The molecule has 0 fully saturated rings. The summed E-state index contributed by atoms with van der Waals surface area (Å²) in [5.41, 5.74) is 5.53. The second-order valence-electron chi connectivity index (χ2n) is 4.22. The lowest BCUT2D eigenvalue weighted by atomic mass is 10.2. The standard InChI is InChI=1S/C13H19ClN2O2.ClH/c1-9(8-15)16(3)13(17)10(2)18-12-7-5-4-6-11(12)14;/h4-7,9-10H,8,15H2,1-3H3;1H. The van der Waals surface area contributed by atoms with E-state index in [2.05, 4.69) is 0 Å². The van der Waals surface area contributed by atoms with E-state index in [-0.39, 0.29) is 24.4 Å². The molecule has 2 unspecified atom stereocenters. The van der Waals surface area contributed by atoms with E-state index in [0.29, 0.717) is 17.3 Å². The number of nitrogens with zero attached hydrogens (tertiary/aromatic N) is 1. The molecule has 0 spiro atoms. The van der Waals surface area contributed by atoms with Gasteiger partial charge in [0.1, 0.15) is 5.75 Å². The number of benzene rings is 1. The Morgan fingerprint density at radius 1 is 1.42 bits per heavy atom. The number of carbonyl (C=O) groups is 1. The van der Waals surface area contributed by atoms with E-state index in [0.717, 1.165) is 0 Å². The maximum absolute atomic E-state index is 12.1. The van der Waals surface area contributed by atoms with Crippen LogP contribution in [0.15, 0.2) is 24.3 Å². The lowest BCUT2D eigenvalue weighted by Crippen LogP contribution is -2.45. The summed E-state index contributed by atoms with van der Waals surface area (Å²) < 4.78 is 5.56. The zero-order chi connectivity index (χ0) is 13.7. The van der Waals surface area contributed by atoms with Crippen LogP contribution in [0, 0.1) is 0 Å². The van der Waals surface area contributed by atoms with Crippen LogP contribution in [0.3, 0.4) is 0 Å². The van der Waals surface area contributed by atoms with Crippen LogP contribution in [0.1, 0.15) is 13.8 Å². The summed E-state index contributed by atoms with van der Waals surface area (Å²) in [7, 11) is 1.71. The first-order chi connectivity index (χ1) is 8.47. The molecule has 0 heterocycles. The maximum atomic E-state index is 12.1. The minimum absolute atomic E-state index is 0. The lowest BCUT2D eigenvalue weighted by molar-refractivity contribution is -0.138. The number of hydrogen-bond acceptors (Lipinski definition) is 3. The van der Waals surface area contributed by atoms with Gasteiger partial charge in [0.2, 0.25) is 0 Å². The van der Waals surface area contributed by atoms with E-state index in [1.807, 2.05) is 19.1 Å². The molecule has 1 aromatic carbocycles. The molecule has 2 N–H and O–H groups in total. The summed E-state index contributed by atoms with van der Waals surface area (Å²) in [5.74, 6) is 0.390. The van der Waals surface area contributed by atoms with Crippen LogP contribution in [-0.2, 0) is 4.79 Å². The van der Waals surface area contributed by atoms with Gasteiger partial charge in [0.15, 0.2) is 6.10 Å². The van der Waals surface area contributed by atoms with E-state index >= 15 is 0 Å². The fraction of sp³-hybridized carbons (Fsp3) is 0.462. The van der Waals surface area contributed by atoms with E-state index < -0.39 is 6.10 Å². The average Bonchev–Trinajstić information content (AvgIpc) is 2.38. The van der Waals surface area contributed by atoms with E-state index in [9.17, 15) is 4.79 Å². The molecular formula is C13H20Cl2N2O2. The van der Waals surface area contributed by atoms with Gasteiger partial charge in [-0.15, -0.1) is 12.4 Å². The van der Waals surface area contributed by atoms with Crippen molar-refractivity contribution in [2.75, 3.05) is 13.6 Å². The molecule has 1 amide bonds. The highest BCUT2D eigenvalue weighted by Crippen LogP contribution is 2.24. The van der Waals surface area contributed by atoms with Crippen LogP contribution in [0.25, 0.3) is 0 Å². The first-order valence-corrected chi connectivity index (χ1v) is 6.23. The second-order valence-corrected chi connectivity index (χ2v) is 4.63. The molecule has 0 saturated carbocycles. The van der Waals surface area contributed by atoms with Crippen molar-refractivity contribution in [3.05, 3.63) is 29.3 Å². The van der Waals surface area contributed by atoms with Gasteiger partial charge < -0.3 is 15.4 Å². The van der Waals surface area contributed by atoms with Gasteiger partial charge in [-0.1, -0.05) is 23.7 Å². The van der Waals surface area contributed by atoms with Crippen molar-refractivity contribution >= 4 is 29.9 Å². The third-order valence-corrected chi connectivity index (χ3v) is 3.15. The molecule has 4 nitrogen and oxygen atoms in total. The second kappa shape index (κ2) is 8.25. The molecular weight excluding hydrogens is 287 g/mol. The zero-order valence-corrected chi connectivity index (χ0v) is 12.9. The van der Waals surface area contributed by atoms with Gasteiger partial charge in [0.25, 0.3) is 5.91 Å². The summed E-state index contributed by atoms with van der Waals surface area (Å²) in [6.45, 7) is 4.01.